The standard InChI is InChI=1S/C21H25FN4O/c22-18-4-6-19(7-5-18)24-12-14-25(15-13-24)20-16-17(8-9-23-20)21(27)26-10-2-1-3-11-26/h4-9,16H,1-3,10-15H2. The SMILES string of the molecule is O=C(c1ccnc(N2CCN(c3ccc(F)cc3)CC2)c1)N1CCCCC1. The lowest BCUT2D eigenvalue weighted by atomic mass is 10.1. The Morgan fingerprint density at radius 3 is 2.22 bits per heavy atom. The van der Waals surface area contributed by atoms with Gasteiger partial charge in [-0.05, 0) is 55.7 Å². The Labute approximate surface area is 159 Å². The number of nitrogens with zero attached hydrogens (tertiary/aromatic N) is 4. The molecule has 2 aromatic rings. The number of likely N-dealkylation sites (tertiary alicyclic amines) is 1. The Morgan fingerprint density at radius 1 is 0.852 bits per heavy atom. The third-order valence-corrected chi connectivity index (χ3v) is 5.43. The summed E-state index contributed by atoms with van der Waals surface area (Å²) in [7, 11) is 0. The van der Waals surface area contributed by atoms with Gasteiger partial charge in [0.1, 0.15) is 11.6 Å². The van der Waals surface area contributed by atoms with Gasteiger partial charge in [-0.2, -0.15) is 0 Å². The van der Waals surface area contributed by atoms with Crippen LogP contribution in [0.5, 0.6) is 0 Å². The number of aromatic nitrogens is 1. The molecule has 1 aromatic heterocycles. The number of hydrogen-bond donors (Lipinski definition) is 0. The van der Waals surface area contributed by atoms with Gasteiger partial charge in [0.05, 0.1) is 0 Å². The molecule has 0 atom stereocenters. The fourth-order valence-corrected chi connectivity index (χ4v) is 3.85. The van der Waals surface area contributed by atoms with E-state index in [-0.39, 0.29) is 11.7 Å². The van der Waals surface area contributed by atoms with Crippen LogP contribution in [0.1, 0.15) is 29.6 Å². The molecular formula is C21H25FN4O. The van der Waals surface area contributed by atoms with Crippen molar-refractivity contribution in [1.82, 2.24) is 9.88 Å². The molecule has 0 radical (unpaired) electrons. The molecule has 2 saturated heterocycles. The minimum Gasteiger partial charge on any atom is -0.368 e. The molecule has 142 valence electrons. The molecule has 3 heterocycles. The molecule has 2 fully saturated rings. The van der Waals surface area contributed by atoms with Gasteiger partial charge < -0.3 is 14.7 Å². The fourth-order valence-electron chi connectivity index (χ4n) is 3.85. The van der Waals surface area contributed by atoms with Gasteiger partial charge in [0, 0.05) is 56.7 Å². The molecule has 0 unspecified atom stereocenters. The zero-order chi connectivity index (χ0) is 18.6. The van der Waals surface area contributed by atoms with Crippen LogP contribution in [0.25, 0.3) is 0 Å². The topological polar surface area (TPSA) is 39.7 Å². The van der Waals surface area contributed by atoms with Crippen LogP contribution in [-0.2, 0) is 0 Å². The molecule has 2 aliphatic heterocycles. The van der Waals surface area contributed by atoms with E-state index in [1.165, 1.54) is 18.6 Å². The van der Waals surface area contributed by atoms with Crippen LogP contribution in [0.15, 0.2) is 42.6 Å². The summed E-state index contributed by atoms with van der Waals surface area (Å²) in [4.78, 5) is 23.6. The minimum absolute atomic E-state index is 0.114. The predicted octanol–water partition coefficient (Wildman–Crippen LogP) is 3.17. The van der Waals surface area contributed by atoms with Crippen molar-refractivity contribution in [2.24, 2.45) is 0 Å². The lowest BCUT2D eigenvalue weighted by Crippen LogP contribution is -2.47. The number of benzene rings is 1. The first-order valence-electron chi connectivity index (χ1n) is 9.71. The minimum atomic E-state index is -0.211. The number of hydrogen-bond acceptors (Lipinski definition) is 4. The maximum absolute atomic E-state index is 13.1. The number of carbonyl (C=O) groups is 1. The van der Waals surface area contributed by atoms with Crippen molar-refractivity contribution in [3.8, 4) is 0 Å². The first-order valence-corrected chi connectivity index (χ1v) is 9.71. The van der Waals surface area contributed by atoms with Crippen LogP contribution >= 0.6 is 0 Å². The van der Waals surface area contributed by atoms with Gasteiger partial charge in [0.25, 0.3) is 5.91 Å². The summed E-state index contributed by atoms with van der Waals surface area (Å²) in [6.45, 7) is 5.05. The van der Waals surface area contributed by atoms with Crippen LogP contribution in [0, 0.1) is 5.82 Å². The van der Waals surface area contributed by atoms with E-state index in [1.807, 2.05) is 29.2 Å². The number of piperidine rings is 1. The smallest absolute Gasteiger partial charge is 0.254 e. The number of pyridine rings is 1. The van der Waals surface area contributed by atoms with E-state index < -0.39 is 0 Å². The Kier molecular flexibility index (Phi) is 5.23. The van der Waals surface area contributed by atoms with Gasteiger partial charge >= 0.3 is 0 Å². The van der Waals surface area contributed by atoms with Gasteiger partial charge in [-0.1, -0.05) is 0 Å². The van der Waals surface area contributed by atoms with Crippen molar-refractivity contribution in [3.05, 3.63) is 54.0 Å². The highest BCUT2D eigenvalue weighted by molar-refractivity contribution is 5.94. The maximum Gasteiger partial charge on any atom is 0.254 e. The molecular weight excluding hydrogens is 343 g/mol. The second-order valence-electron chi connectivity index (χ2n) is 7.21. The van der Waals surface area contributed by atoms with Gasteiger partial charge in [-0.3, -0.25) is 4.79 Å². The number of rotatable bonds is 3. The van der Waals surface area contributed by atoms with Crippen molar-refractivity contribution < 1.29 is 9.18 Å². The largest absolute Gasteiger partial charge is 0.368 e. The fraction of sp³-hybridized carbons (Fsp3) is 0.429. The average Bonchev–Trinajstić information content (AvgIpc) is 2.75. The van der Waals surface area contributed by atoms with Crippen LogP contribution < -0.4 is 9.80 Å². The van der Waals surface area contributed by atoms with Gasteiger partial charge in [-0.25, -0.2) is 9.37 Å². The number of halogens is 1. The molecule has 0 aliphatic carbocycles. The normalized spacial score (nSPS) is 17.9. The van der Waals surface area contributed by atoms with E-state index in [4.69, 9.17) is 0 Å². The van der Waals surface area contributed by atoms with Crippen molar-refractivity contribution in [3.63, 3.8) is 0 Å². The van der Waals surface area contributed by atoms with E-state index in [1.54, 1.807) is 6.20 Å². The molecule has 1 amide bonds. The highest BCUT2D eigenvalue weighted by atomic mass is 19.1. The monoisotopic (exact) mass is 368 g/mol. The first-order chi connectivity index (χ1) is 13.2. The number of amides is 1. The molecule has 0 saturated carbocycles. The molecule has 0 spiro atoms. The molecule has 2 aliphatic rings. The van der Waals surface area contributed by atoms with Crippen molar-refractivity contribution in [2.45, 2.75) is 19.3 Å². The van der Waals surface area contributed by atoms with Crippen LogP contribution in [0.3, 0.4) is 0 Å². The first kappa shape index (κ1) is 17.8. The highest BCUT2D eigenvalue weighted by Crippen LogP contribution is 2.21. The molecule has 1 aromatic carbocycles. The second kappa shape index (κ2) is 7.94. The van der Waals surface area contributed by atoms with Gasteiger partial charge in [0.2, 0.25) is 0 Å². The predicted molar refractivity (Wildman–Crippen MR) is 105 cm³/mol. The summed E-state index contributed by atoms with van der Waals surface area (Å²) in [6.07, 6.45) is 5.13. The van der Waals surface area contributed by atoms with E-state index in [9.17, 15) is 9.18 Å². The van der Waals surface area contributed by atoms with Crippen molar-refractivity contribution in [1.29, 1.82) is 0 Å². The van der Waals surface area contributed by atoms with Gasteiger partial charge in [0.15, 0.2) is 0 Å². The van der Waals surface area contributed by atoms with Gasteiger partial charge in [-0.15, -0.1) is 0 Å². The molecule has 0 N–H and O–H groups in total. The summed E-state index contributed by atoms with van der Waals surface area (Å²) in [5.41, 5.74) is 1.76. The van der Waals surface area contributed by atoms with Crippen molar-refractivity contribution >= 4 is 17.4 Å². The molecule has 5 nitrogen and oxygen atoms in total. The van der Waals surface area contributed by atoms with E-state index in [0.29, 0.717) is 0 Å². The van der Waals surface area contributed by atoms with Crippen LogP contribution in [0.4, 0.5) is 15.9 Å². The second-order valence-corrected chi connectivity index (χ2v) is 7.21. The van der Waals surface area contributed by atoms with E-state index in [0.717, 1.165) is 69.2 Å². The summed E-state index contributed by atoms with van der Waals surface area (Å²) in [5.74, 6) is 0.761. The lowest BCUT2D eigenvalue weighted by Gasteiger charge is -2.37. The Hall–Kier alpha value is -2.63. The summed E-state index contributed by atoms with van der Waals surface area (Å²) < 4.78 is 13.1. The third-order valence-electron chi connectivity index (χ3n) is 5.43. The van der Waals surface area contributed by atoms with Crippen LogP contribution in [0.2, 0.25) is 0 Å². The van der Waals surface area contributed by atoms with E-state index >= 15 is 0 Å². The Morgan fingerprint density at radius 2 is 1.52 bits per heavy atom. The van der Waals surface area contributed by atoms with Crippen LogP contribution in [-0.4, -0.2) is 55.1 Å². The quantitative estimate of drug-likeness (QED) is 0.834. The number of piperazine rings is 1. The Balaban J connectivity index is 1.41. The van der Waals surface area contributed by atoms with Crippen molar-refractivity contribution in [2.75, 3.05) is 49.1 Å². The molecule has 0 bridgehead atoms. The molecule has 4 rings (SSSR count). The Bertz CT molecular complexity index is 781. The number of anilines is 2. The van der Waals surface area contributed by atoms with E-state index in [2.05, 4.69) is 14.8 Å². The highest BCUT2D eigenvalue weighted by Gasteiger charge is 2.22. The zero-order valence-corrected chi connectivity index (χ0v) is 15.5. The third kappa shape index (κ3) is 4.04. The average molecular weight is 368 g/mol. The summed E-state index contributed by atoms with van der Waals surface area (Å²) >= 11 is 0. The maximum atomic E-state index is 13.1. The zero-order valence-electron chi connectivity index (χ0n) is 15.5. The lowest BCUT2D eigenvalue weighted by molar-refractivity contribution is 0.0724. The summed E-state index contributed by atoms with van der Waals surface area (Å²) in [6, 6.07) is 10.4. The molecule has 27 heavy (non-hydrogen) atoms. The number of carbonyl (C=O) groups excluding carboxylic acids is 1. The summed E-state index contributed by atoms with van der Waals surface area (Å²) in [5, 5.41) is 0. The molecule has 6 heteroatoms.